The first kappa shape index (κ1) is 17.3. The molecule has 114 valence electrons. The molecular weight excluding hydrogens is 276 g/mol. The number of benzene rings is 1. The van der Waals surface area contributed by atoms with E-state index in [2.05, 4.69) is 13.8 Å². The van der Waals surface area contributed by atoms with Gasteiger partial charge >= 0.3 is 0 Å². The molecule has 0 heterocycles. The van der Waals surface area contributed by atoms with Gasteiger partial charge in [0.15, 0.2) is 0 Å². The van der Waals surface area contributed by atoms with Crippen LogP contribution >= 0.6 is 11.6 Å². The van der Waals surface area contributed by atoms with Crippen LogP contribution in [0.3, 0.4) is 0 Å². The lowest BCUT2D eigenvalue weighted by Gasteiger charge is -2.19. The lowest BCUT2D eigenvalue weighted by Crippen LogP contribution is -2.25. The van der Waals surface area contributed by atoms with Crippen molar-refractivity contribution < 1.29 is 14.9 Å². The maximum Gasteiger partial charge on any atom is 0.125 e. The van der Waals surface area contributed by atoms with Crippen LogP contribution in [0.25, 0.3) is 0 Å². The van der Waals surface area contributed by atoms with Crippen molar-refractivity contribution >= 4 is 11.6 Å². The summed E-state index contributed by atoms with van der Waals surface area (Å²) in [6.45, 7) is 6.03. The van der Waals surface area contributed by atoms with Gasteiger partial charge in [0.2, 0.25) is 0 Å². The fraction of sp³-hybridized carbons (Fsp3) is 0.625. The number of halogens is 1. The summed E-state index contributed by atoms with van der Waals surface area (Å²) < 4.78 is 5.51. The van der Waals surface area contributed by atoms with Gasteiger partial charge in [-0.15, -0.1) is 0 Å². The van der Waals surface area contributed by atoms with Gasteiger partial charge in [-0.05, 0) is 48.4 Å². The van der Waals surface area contributed by atoms with Gasteiger partial charge in [-0.25, -0.2) is 0 Å². The molecule has 1 aromatic carbocycles. The smallest absolute Gasteiger partial charge is 0.125 e. The van der Waals surface area contributed by atoms with E-state index in [0.717, 1.165) is 16.9 Å². The van der Waals surface area contributed by atoms with Gasteiger partial charge in [0.05, 0.1) is 19.3 Å². The van der Waals surface area contributed by atoms with Crippen molar-refractivity contribution in [2.24, 2.45) is 0 Å². The van der Waals surface area contributed by atoms with E-state index in [9.17, 15) is 10.2 Å². The molecule has 0 bridgehead atoms. The maximum atomic E-state index is 9.87. The summed E-state index contributed by atoms with van der Waals surface area (Å²) >= 11 is 6.16. The molecule has 0 saturated heterocycles. The molecule has 0 saturated carbocycles. The molecule has 0 amide bonds. The Morgan fingerprint density at radius 2 is 1.85 bits per heavy atom. The molecule has 0 aliphatic heterocycles. The van der Waals surface area contributed by atoms with Crippen molar-refractivity contribution in [1.82, 2.24) is 0 Å². The SMILES string of the molecule is CCC(O)C(O)CCc1cc(Cl)cc(C(C)C)c1OC. The van der Waals surface area contributed by atoms with E-state index in [-0.39, 0.29) is 0 Å². The first-order chi connectivity index (χ1) is 9.40. The van der Waals surface area contributed by atoms with E-state index in [4.69, 9.17) is 16.3 Å². The van der Waals surface area contributed by atoms with E-state index in [1.54, 1.807) is 7.11 Å². The Hall–Kier alpha value is -0.770. The van der Waals surface area contributed by atoms with Crippen LogP contribution in [0.4, 0.5) is 0 Å². The minimum Gasteiger partial charge on any atom is -0.496 e. The number of aryl methyl sites for hydroxylation is 1. The average Bonchev–Trinajstić information content (AvgIpc) is 2.42. The first-order valence-electron chi connectivity index (χ1n) is 7.13. The summed E-state index contributed by atoms with van der Waals surface area (Å²) in [5, 5.41) is 20.2. The number of hydrogen-bond donors (Lipinski definition) is 2. The van der Waals surface area contributed by atoms with Gasteiger partial charge in [0, 0.05) is 5.02 Å². The monoisotopic (exact) mass is 300 g/mol. The number of methoxy groups -OCH3 is 1. The second kappa shape index (κ2) is 7.87. The molecule has 0 spiro atoms. The van der Waals surface area contributed by atoms with E-state index in [1.807, 2.05) is 19.1 Å². The summed E-state index contributed by atoms with van der Waals surface area (Å²) in [5.74, 6) is 1.15. The Morgan fingerprint density at radius 1 is 1.20 bits per heavy atom. The molecule has 4 heteroatoms. The first-order valence-corrected chi connectivity index (χ1v) is 7.50. The summed E-state index contributed by atoms with van der Waals surface area (Å²) in [4.78, 5) is 0. The highest BCUT2D eigenvalue weighted by Crippen LogP contribution is 2.34. The van der Waals surface area contributed by atoms with Crippen LogP contribution in [0.1, 0.15) is 50.7 Å². The van der Waals surface area contributed by atoms with Crippen LogP contribution in [-0.4, -0.2) is 29.5 Å². The topological polar surface area (TPSA) is 49.7 Å². The van der Waals surface area contributed by atoms with Crippen LogP contribution in [0.5, 0.6) is 5.75 Å². The van der Waals surface area contributed by atoms with Gasteiger partial charge in [-0.2, -0.15) is 0 Å². The van der Waals surface area contributed by atoms with E-state index < -0.39 is 12.2 Å². The van der Waals surface area contributed by atoms with Gasteiger partial charge in [-0.3, -0.25) is 0 Å². The van der Waals surface area contributed by atoms with E-state index in [1.165, 1.54) is 0 Å². The molecular formula is C16H25ClO3. The van der Waals surface area contributed by atoms with Crippen LogP contribution in [-0.2, 0) is 6.42 Å². The van der Waals surface area contributed by atoms with E-state index in [0.29, 0.717) is 30.2 Å². The number of rotatable bonds is 7. The lowest BCUT2D eigenvalue weighted by molar-refractivity contribution is 0.0130. The molecule has 20 heavy (non-hydrogen) atoms. The third-order valence-corrected chi connectivity index (χ3v) is 3.78. The molecule has 0 aromatic heterocycles. The number of hydrogen-bond acceptors (Lipinski definition) is 3. The minimum atomic E-state index is -0.716. The molecule has 2 unspecified atom stereocenters. The zero-order valence-electron chi connectivity index (χ0n) is 12.7. The third-order valence-electron chi connectivity index (χ3n) is 3.56. The number of aliphatic hydroxyl groups excluding tert-OH is 2. The van der Waals surface area contributed by atoms with Gasteiger partial charge in [0.1, 0.15) is 5.75 Å². The highest BCUT2D eigenvalue weighted by atomic mass is 35.5. The van der Waals surface area contributed by atoms with E-state index >= 15 is 0 Å². The second-order valence-corrected chi connectivity index (χ2v) is 5.86. The standard InChI is InChI=1S/C16H25ClO3/c1-5-14(18)15(19)7-6-11-8-12(17)9-13(10(2)3)16(11)20-4/h8-10,14-15,18-19H,5-7H2,1-4H3. The van der Waals surface area contributed by atoms with Crippen molar-refractivity contribution in [1.29, 1.82) is 0 Å². The Morgan fingerprint density at radius 3 is 2.35 bits per heavy atom. The van der Waals surface area contributed by atoms with Crippen molar-refractivity contribution in [3.05, 3.63) is 28.3 Å². The van der Waals surface area contributed by atoms with Gasteiger partial charge in [0.25, 0.3) is 0 Å². The summed E-state index contributed by atoms with van der Waals surface area (Å²) in [5.41, 5.74) is 2.05. The fourth-order valence-electron chi connectivity index (χ4n) is 2.30. The van der Waals surface area contributed by atoms with Crippen molar-refractivity contribution in [2.75, 3.05) is 7.11 Å². The molecule has 2 atom stereocenters. The molecule has 0 fully saturated rings. The molecule has 1 rings (SSSR count). The predicted octanol–water partition coefficient (Wildman–Crippen LogP) is 3.54. The Bertz CT molecular complexity index is 432. The van der Waals surface area contributed by atoms with Gasteiger partial charge in [-0.1, -0.05) is 32.4 Å². The zero-order valence-corrected chi connectivity index (χ0v) is 13.4. The van der Waals surface area contributed by atoms with Gasteiger partial charge < -0.3 is 14.9 Å². The second-order valence-electron chi connectivity index (χ2n) is 5.42. The summed E-state index contributed by atoms with van der Waals surface area (Å²) in [6, 6.07) is 3.79. The Labute approximate surface area is 126 Å². The highest BCUT2D eigenvalue weighted by Gasteiger charge is 2.18. The Balaban J connectivity index is 2.94. The lowest BCUT2D eigenvalue weighted by atomic mass is 9.95. The molecule has 0 aliphatic carbocycles. The third kappa shape index (κ3) is 4.37. The van der Waals surface area contributed by atoms with Crippen LogP contribution < -0.4 is 4.74 Å². The normalized spacial score (nSPS) is 14.4. The summed E-state index contributed by atoms with van der Waals surface area (Å²) in [7, 11) is 1.65. The fourth-order valence-corrected chi connectivity index (χ4v) is 2.55. The molecule has 1 aromatic rings. The zero-order chi connectivity index (χ0) is 15.3. The quantitative estimate of drug-likeness (QED) is 0.810. The predicted molar refractivity (Wildman–Crippen MR) is 82.7 cm³/mol. The summed E-state index contributed by atoms with van der Waals surface area (Å²) in [6.07, 6.45) is 0.270. The van der Waals surface area contributed by atoms with Crippen molar-refractivity contribution in [2.45, 2.75) is 58.2 Å². The average molecular weight is 301 g/mol. The van der Waals surface area contributed by atoms with Crippen LogP contribution in [0, 0.1) is 0 Å². The maximum absolute atomic E-state index is 9.87. The minimum absolute atomic E-state index is 0.313. The van der Waals surface area contributed by atoms with Crippen LogP contribution in [0.15, 0.2) is 12.1 Å². The molecule has 0 radical (unpaired) electrons. The van der Waals surface area contributed by atoms with Crippen molar-refractivity contribution in [3.8, 4) is 5.75 Å². The van der Waals surface area contributed by atoms with Crippen molar-refractivity contribution in [3.63, 3.8) is 0 Å². The Kier molecular flexibility index (Phi) is 6.80. The van der Waals surface area contributed by atoms with Crippen LogP contribution in [0.2, 0.25) is 5.02 Å². The largest absolute Gasteiger partial charge is 0.496 e. The number of aliphatic hydroxyl groups is 2. The highest BCUT2D eigenvalue weighted by molar-refractivity contribution is 6.30. The number of ether oxygens (including phenoxy) is 1. The molecule has 0 aliphatic rings. The molecule has 2 N–H and O–H groups in total. The molecule has 3 nitrogen and oxygen atoms in total.